The quantitative estimate of drug-likeness (QED) is 0.441. The second-order valence-electron chi connectivity index (χ2n) is 7.31. The Bertz CT molecular complexity index is 1190. The van der Waals surface area contributed by atoms with Gasteiger partial charge in [-0.3, -0.25) is 9.52 Å². The fourth-order valence-electron chi connectivity index (χ4n) is 3.13. The first-order valence-electron chi connectivity index (χ1n) is 10.7. The SMILES string of the molecule is CCOc1ccc(NS(=O)(=O)c2ccc(C(=O)N(C)CCOc3ccccc3OC)cc2)cc1. The first-order chi connectivity index (χ1) is 16.3. The summed E-state index contributed by atoms with van der Waals surface area (Å²) in [5.41, 5.74) is 0.790. The number of sulfonamides is 1. The van der Waals surface area contributed by atoms with Crippen molar-refractivity contribution in [1.29, 1.82) is 0 Å². The summed E-state index contributed by atoms with van der Waals surface area (Å²) in [4.78, 5) is 14.3. The van der Waals surface area contributed by atoms with Crippen LogP contribution < -0.4 is 18.9 Å². The molecule has 3 aromatic carbocycles. The second kappa shape index (κ2) is 11.4. The molecule has 1 N–H and O–H groups in total. The third-order valence-corrected chi connectivity index (χ3v) is 6.33. The molecule has 0 aliphatic carbocycles. The molecule has 0 heterocycles. The van der Waals surface area contributed by atoms with Crippen LogP contribution in [0.4, 0.5) is 5.69 Å². The third kappa shape index (κ3) is 6.41. The Labute approximate surface area is 200 Å². The van der Waals surface area contributed by atoms with Gasteiger partial charge < -0.3 is 19.1 Å². The highest BCUT2D eigenvalue weighted by molar-refractivity contribution is 7.92. The predicted molar refractivity (Wildman–Crippen MR) is 130 cm³/mol. The van der Waals surface area contributed by atoms with Gasteiger partial charge in [0.05, 0.1) is 25.2 Å². The lowest BCUT2D eigenvalue weighted by Gasteiger charge is -2.18. The molecule has 9 heteroatoms. The number of rotatable bonds is 11. The average molecular weight is 485 g/mol. The zero-order valence-corrected chi connectivity index (χ0v) is 20.2. The minimum Gasteiger partial charge on any atom is -0.494 e. The molecular formula is C25H28N2O6S. The van der Waals surface area contributed by atoms with E-state index in [-0.39, 0.29) is 17.4 Å². The monoisotopic (exact) mass is 484 g/mol. The second-order valence-corrected chi connectivity index (χ2v) is 9.00. The maximum atomic E-state index is 12.7. The number of carbonyl (C=O) groups excluding carboxylic acids is 1. The number of hydrogen-bond acceptors (Lipinski definition) is 6. The lowest BCUT2D eigenvalue weighted by molar-refractivity contribution is 0.0773. The summed E-state index contributed by atoms with van der Waals surface area (Å²) in [5.74, 6) is 1.63. The van der Waals surface area contributed by atoms with E-state index >= 15 is 0 Å². The van der Waals surface area contributed by atoms with E-state index in [9.17, 15) is 13.2 Å². The van der Waals surface area contributed by atoms with Crippen molar-refractivity contribution in [3.8, 4) is 17.2 Å². The lowest BCUT2D eigenvalue weighted by atomic mass is 10.2. The summed E-state index contributed by atoms with van der Waals surface area (Å²) in [6.07, 6.45) is 0. The third-order valence-electron chi connectivity index (χ3n) is 4.93. The summed E-state index contributed by atoms with van der Waals surface area (Å²) in [6, 6.07) is 19.7. The van der Waals surface area contributed by atoms with Crippen LogP contribution in [0.2, 0.25) is 0 Å². The summed E-state index contributed by atoms with van der Waals surface area (Å²) in [6.45, 7) is 3.02. The number of hydrogen-bond donors (Lipinski definition) is 1. The molecular weight excluding hydrogens is 456 g/mol. The highest BCUT2D eigenvalue weighted by atomic mass is 32.2. The van der Waals surface area contributed by atoms with Crippen LogP contribution in [0, 0.1) is 0 Å². The van der Waals surface area contributed by atoms with E-state index in [4.69, 9.17) is 14.2 Å². The number of carbonyl (C=O) groups is 1. The summed E-state index contributed by atoms with van der Waals surface area (Å²) < 4.78 is 44.2. The fourth-order valence-corrected chi connectivity index (χ4v) is 4.19. The summed E-state index contributed by atoms with van der Waals surface area (Å²) in [7, 11) is -0.577. The van der Waals surface area contributed by atoms with Gasteiger partial charge in [0, 0.05) is 18.3 Å². The van der Waals surface area contributed by atoms with E-state index < -0.39 is 10.0 Å². The molecule has 0 fully saturated rings. The predicted octanol–water partition coefficient (Wildman–Crippen LogP) is 4.05. The number of nitrogens with one attached hydrogen (secondary N) is 1. The molecule has 0 bridgehead atoms. The van der Waals surface area contributed by atoms with Crippen molar-refractivity contribution in [3.63, 3.8) is 0 Å². The molecule has 0 spiro atoms. The van der Waals surface area contributed by atoms with E-state index in [0.717, 1.165) is 0 Å². The molecule has 0 radical (unpaired) electrons. The Hall–Kier alpha value is -3.72. The zero-order chi connectivity index (χ0) is 24.6. The van der Waals surface area contributed by atoms with Crippen molar-refractivity contribution in [2.24, 2.45) is 0 Å². The number of amides is 1. The van der Waals surface area contributed by atoms with Gasteiger partial charge in [-0.05, 0) is 67.6 Å². The van der Waals surface area contributed by atoms with Crippen LogP contribution in [0.1, 0.15) is 17.3 Å². The standard InChI is InChI=1S/C25H28N2O6S/c1-4-32-21-13-11-20(12-14-21)26-34(29,30)22-15-9-19(10-16-22)25(28)27(2)17-18-33-24-8-6-5-7-23(24)31-3/h5-16,26H,4,17-18H2,1-3H3. The Kier molecular flexibility index (Phi) is 8.37. The maximum Gasteiger partial charge on any atom is 0.261 e. The Balaban J connectivity index is 1.58. The molecule has 8 nitrogen and oxygen atoms in total. The molecule has 0 aliphatic heterocycles. The number of para-hydroxylation sites is 2. The average Bonchev–Trinajstić information content (AvgIpc) is 2.85. The van der Waals surface area contributed by atoms with Gasteiger partial charge in [-0.2, -0.15) is 0 Å². The normalized spacial score (nSPS) is 10.9. The number of methoxy groups -OCH3 is 1. The van der Waals surface area contributed by atoms with E-state index in [1.54, 1.807) is 50.6 Å². The first kappa shape index (κ1) is 24.9. The molecule has 0 saturated carbocycles. The van der Waals surface area contributed by atoms with Gasteiger partial charge in [0.2, 0.25) is 0 Å². The number of anilines is 1. The van der Waals surface area contributed by atoms with Crippen LogP contribution in [0.3, 0.4) is 0 Å². The van der Waals surface area contributed by atoms with Gasteiger partial charge in [-0.1, -0.05) is 12.1 Å². The summed E-state index contributed by atoms with van der Waals surface area (Å²) in [5, 5.41) is 0. The Morgan fingerprint density at radius 1 is 0.912 bits per heavy atom. The topological polar surface area (TPSA) is 94.2 Å². The number of likely N-dealkylation sites (N-methyl/N-ethyl adjacent to an activating group) is 1. The molecule has 1 amide bonds. The molecule has 0 atom stereocenters. The van der Waals surface area contributed by atoms with Gasteiger partial charge in [0.25, 0.3) is 15.9 Å². The van der Waals surface area contributed by atoms with Crippen molar-refractivity contribution in [1.82, 2.24) is 4.90 Å². The van der Waals surface area contributed by atoms with Crippen LogP contribution in [0.5, 0.6) is 17.2 Å². The highest BCUT2D eigenvalue weighted by Gasteiger charge is 2.17. The molecule has 0 aliphatic rings. The van der Waals surface area contributed by atoms with Gasteiger partial charge in [0.1, 0.15) is 12.4 Å². The van der Waals surface area contributed by atoms with Gasteiger partial charge in [-0.15, -0.1) is 0 Å². The molecule has 180 valence electrons. The summed E-state index contributed by atoms with van der Waals surface area (Å²) >= 11 is 0. The van der Waals surface area contributed by atoms with Crippen LogP contribution in [0.15, 0.2) is 77.7 Å². The fraction of sp³-hybridized carbons (Fsp3) is 0.240. The molecule has 0 saturated heterocycles. The van der Waals surface area contributed by atoms with Crippen molar-refractivity contribution >= 4 is 21.6 Å². The van der Waals surface area contributed by atoms with E-state index in [0.29, 0.717) is 41.7 Å². The first-order valence-corrected chi connectivity index (χ1v) is 12.2. The van der Waals surface area contributed by atoms with Crippen molar-refractivity contribution < 1.29 is 27.4 Å². The van der Waals surface area contributed by atoms with Crippen LogP contribution >= 0.6 is 0 Å². The minimum absolute atomic E-state index is 0.0556. The van der Waals surface area contributed by atoms with Crippen molar-refractivity contribution in [2.75, 3.05) is 38.6 Å². The van der Waals surface area contributed by atoms with Crippen molar-refractivity contribution in [2.45, 2.75) is 11.8 Å². The Morgan fingerprint density at radius 2 is 1.56 bits per heavy atom. The molecule has 3 rings (SSSR count). The van der Waals surface area contributed by atoms with Crippen molar-refractivity contribution in [3.05, 3.63) is 78.4 Å². The molecule has 3 aromatic rings. The molecule has 0 aromatic heterocycles. The minimum atomic E-state index is -3.80. The number of nitrogens with zero attached hydrogens (tertiary/aromatic N) is 1. The van der Waals surface area contributed by atoms with Crippen LogP contribution in [-0.4, -0.2) is 53.1 Å². The van der Waals surface area contributed by atoms with Crippen LogP contribution in [-0.2, 0) is 10.0 Å². The number of ether oxygens (including phenoxy) is 3. The van der Waals surface area contributed by atoms with Gasteiger partial charge >= 0.3 is 0 Å². The van der Waals surface area contributed by atoms with E-state index in [2.05, 4.69) is 4.72 Å². The van der Waals surface area contributed by atoms with Gasteiger partial charge in [0.15, 0.2) is 11.5 Å². The number of benzene rings is 3. The molecule has 0 unspecified atom stereocenters. The van der Waals surface area contributed by atoms with Gasteiger partial charge in [-0.25, -0.2) is 8.42 Å². The largest absolute Gasteiger partial charge is 0.494 e. The highest BCUT2D eigenvalue weighted by Crippen LogP contribution is 2.25. The zero-order valence-electron chi connectivity index (χ0n) is 19.4. The van der Waals surface area contributed by atoms with E-state index in [1.807, 2.05) is 19.1 Å². The lowest BCUT2D eigenvalue weighted by Crippen LogP contribution is -2.31. The molecule has 34 heavy (non-hydrogen) atoms. The Morgan fingerprint density at radius 3 is 2.18 bits per heavy atom. The maximum absolute atomic E-state index is 12.7. The van der Waals surface area contributed by atoms with E-state index in [1.165, 1.54) is 29.2 Å². The van der Waals surface area contributed by atoms with Crippen LogP contribution in [0.25, 0.3) is 0 Å². The smallest absolute Gasteiger partial charge is 0.261 e.